The second kappa shape index (κ2) is 4.35. The van der Waals surface area contributed by atoms with Crippen LogP contribution >= 0.6 is 11.6 Å². The maximum atomic E-state index is 5.76. The Morgan fingerprint density at radius 1 is 1.47 bits per heavy atom. The van der Waals surface area contributed by atoms with E-state index in [-0.39, 0.29) is 0 Å². The fourth-order valence-electron chi connectivity index (χ4n) is 1.93. The first-order chi connectivity index (χ1) is 7.24. The quantitative estimate of drug-likeness (QED) is 0.837. The number of halogens is 1. The Balaban J connectivity index is 1.88. The molecule has 0 aromatic carbocycles. The van der Waals surface area contributed by atoms with Crippen molar-refractivity contribution in [2.24, 2.45) is 5.41 Å². The van der Waals surface area contributed by atoms with Gasteiger partial charge in [-0.25, -0.2) is 4.98 Å². The molecule has 0 bridgehead atoms. The van der Waals surface area contributed by atoms with E-state index >= 15 is 0 Å². The number of hydrogen-bond donors (Lipinski definition) is 1. The van der Waals surface area contributed by atoms with E-state index in [0.717, 1.165) is 12.4 Å². The van der Waals surface area contributed by atoms with Crippen LogP contribution in [0.25, 0.3) is 0 Å². The zero-order valence-corrected chi connectivity index (χ0v) is 9.72. The molecule has 1 N–H and O–H groups in total. The van der Waals surface area contributed by atoms with Gasteiger partial charge in [0.1, 0.15) is 11.0 Å². The lowest BCUT2D eigenvalue weighted by Gasteiger charge is -2.14. The molecule has 2 rings (SSSR count). The Hall–Kier alpha value is -0.830. The highest BCUT2D eigenvalue weighted by Crippen LogP contribution is 2.49. The van der Waals surface area contributed by atoms with Gasteiger partial charge in [-0.3, -0.25) is 4.98 Å². The molecule has 1 aliphatic rings. The Morgan fingerprint density at radius 2 is 2.27 bits per heavy atom. The van der Waals surface area contributed by atoms with Crippen molar-refractivity contribution in [1.29, 1.82) is 0 Å². The summed E-state index contributed by atoms with van der Waals surface area (Å²) in [5.41, 5.74) is 0.527. The maximum Gasteiger partial charge on any atom is 0.149 e. The van der Waals surface area contributed by atoms with Gasteiger partial charge in [0.2, 0.25) is 0 Å². The Labute approximate surface area is 95.3 Å². The molecule has 0 amide bonds. The minimum absolute atomic E-state index is 0.445. The van der Waals surface area contributed by atoms with Crippen LogP contribution in [0.2, 0.25) is 5.15 Å². The fourth-order valence-corrected chi connectivity index (χ4v) is 2.08. The average molecular weight is 226 g/mol. The van der Waals surface area contributed by atoms with Gasteiger partial charge in [0.25, 0.3) is 0 Å². The second-order valence-corrected chi connectivity index (χ2v) is 4.72. The van der Waals surface area contributed by atoms with E-state index in [9.17, 15) is 0 Å². The van der Waals surface area contributed by atoms with Crippen molar-refractivity contribution >= 4 is 17.4 Å². The molecule has 1 aromatic rings. The Bertz CT molecular complexity index is 336. The smallest absolute Gasteiger partial charge is 0.149 e. The summed E-state index contributed by atoms with van der Waals surface area (Å²) in [5, 5.41) is 3.76. The van der Waals surface area contributed by atoms with Gasteiger partial charge in [0.05, 0.1) is 12.4 Å². The normalized spacial score (nSPS) is 17.5. The van der Waals surface area contributed by atoms with E-state index in [1.165, 1.54) is 25.7 Å². The molecule has 0 atom stereocenters. The predicted octanol–water partition coefficient (Wildman–Crippen LogP) is 3.12. The number of anilines is 1. The molecule has 0 radical (unpaired) electrons. The average Bonchev–Trinajstić information content (AvgIpc) is 2.97. The van der Waals surface area contributed by atoms with E-state index in [4.69, 9.17) is 11.6 Å². The van der Waals surface area contributed by atoms with E-state index in [0.29, 0.717) is 10.6 Å². The molecule has 1 fully saturated rings. The molecule has 0 aliphatic heterocycles. The van der Waals surface area contributed by atoms with E-state index in [1.54, 1.807) is 12.4 Å². The largest absolute Gasteiger partial charge is 0.368 e. The molecule has 0 unspecified atom stereocenters. The number of aromatic nitrogens is 2. The third kappa shape index (κ3) is 2.81. The van der Waals surface area contributed by atoms with Crippen molar-refractivity contribution in [2.45, 2.75) is 32.6 Å². The van der Waals surface area contributed by atoms with Crippen molar-refractivity contribution in [2.75, 3.05) is 11.9 Å². The van der Waals surface area contributed by atoms with Gasteiger partial charge >= 0.3 is 0 Å². The number of rotatable bonds is 5. The standard InChI is InChI=1S/C11H16ClN3/c1-2-3-11(4-5-11)8-14-10-7-13-6-9(12)15-10/h6-7H,2-5,8H2,1H3,(H,14,15). The van der Waals surface area contributed by atoms with Gasteiger partial charge in [0, 0.05) is 6.54 Å². The van der Waals surface area contributed by atoms with Crippen molar-refractivity contribution in [3.05, 3.63) is 17.5 Å². The Morgan fingerprint density at radius 3 is 2.87 bits per heavy atom. The molecule has 1 aliphatic carbocycles. The van der Waals surface area contributed by atoms with Crippen molar-refractivity contribution in [1.82, 2.24) is 9.97 Å². The van der Waals surface area contributed by atoms with Crippen LogP contribution in [0.15, 0.2) is 12.4 Å². The van der Waals surface area contributed by atoms with E-state index in [2.05, 4.69) is 22.2 Å². The lowest BCUT2D eigenvalue weighted by Crippen LogP contribution is -2.15. The molecular formula is C11H16ClN3. The highest BCUT2D eigenvalue weighted by atomic mass is 35.5. The molecule has 15 heavy (non-hydrogen) atoms. The molecule has 0 spiro atoms. The maximum absolute atomic E-state index is 5.76. The summed E-state index contributed by atoms with van der Waals surface area (Å²) in [6, 6.07) is 0. The van der Waals surface area contributed by atoms with Crippen LogP contribution < -0.4 is 5.32 Å². The zero-order chi connectivity index (χ0) is 10.7. The fraction of sp³-hybridized carbons (Fsp3) is 0.636. The first kappa shape index (κ1) is 10.7. The number of hydrogen-bond acceptors (Lipinski definition) is 3. The first-order valence-corrected chi connectivity index (χ1v) is 5.83. The number of nitrogens with one attached hydrogen (secondary N) is 1. The SMILES string of the molecule is CCCC1(CNc2cncc(Cl)n2)CC1. The van der Waals surface area contributed by atoms with Crippen LogP contribution in [0.4, 0.5) is 5.82 Å². The van der Waals surface area contributed by atoms with Crippen LogP contribution in [0.1, 0.15) is 32.6 Å². The highest BCUT2D eigenvalue weighted by molar-refractivity contribution is 6.29. The first-order valence-electron chi connectivity index (χ1n) is 5.45. The molecule has 1 heterocycles. The van der Waals surface area contributed by atoms with Gasteiger partial charge < -0.3 is 5.32 Å². The van der Waals surface area contributed by atoms with Gasteiger partial charge in [-0.2, -0.15) is 0 Å². The molecule has 82 valence electrons. The third-order valence-corrected chi connectivity index (χ3v) is 3.17. The predicted molar refractivity (Wildman–Crippen MR) is 62.1 cm³/mol. The van der Waals surface area contributed by atoms with Crippen LogP contribution in [0.3, 0.4) is 0 Å². The van der Waals surface area contributed by atoms with Crippen molar-refractivity contribution in [3.63, 3.8) is 0 Å². The minimum atomic E-state index is 0.445. The minimum Gasteiger partial charge on any atom is -0.368 e. The molecule has 1 saturated carbocycles. The topological polar surface area (TPSA) is 37.8 Å². The summed E-state index contributed by atoms with van der Waals surface area (Å²) < 4.78 is 0. The summed E-state index contributed by atoms with van der Waals surface area (Å²) in [6.45, 7) is 3.23. The van der Waals surface area contributed by atoms with E-state index < -0.39 is 0 Å². The molecule has 3 nitrogen and oxygen atoms in total. The highest BCUT2D eigenvalue weighted by Gasteiger charge is 2.41. The van der Waals surface area contributed by atoms with Crippen LogP contribution in [-0.4, -0.2) is 16.5 Å². The monoisotopic (exact) mass is 225 g/mol. The van der Waals surface area contributed by atoms with Crippen LogP contribution in [-0.2, 0) is 0 Å². The summed E-state index contributed by atoms with van der Waals surface area (Å²) in [5.74, 6) is 0.782. The van der Waals surface area contributed by atoms with Gasteiger partial charge in [-0.15, -0.1) is 0 Å². The summed E-state index contributed by atoms with van der Waals surface area (Å²) >= 11 is 5.76. The lowest BCUT2D eigenvalue weighted by atomic mass is 10.0. The second-order valence-electron chi connectivity index (χ2n) is 4.33. The van der Waals surface area contributed by atoms with Crippen molar-refractivity contribution < 1.29 is 0 Å². The zero-order valence-electron chi connectivity index (χ0n) is 8.96. The van der Waals surface area contributed by atoms with Gasteiger partial charge in [0.15, 0.2) is 0 Å². The Kier molecular flexibility index (Phi) is 3.10. The van der Waals surface area contributed by atoms with Crippen LogP contribution in [0.5, 0.6) is 0 Å². The number of nitrogens with zero attached hydrogens (tertiary/aromatic N) is 2. The molecular weight excluding hydrogens is 210 g/mol. The van der Waals surface area contributed by atoms with E-state index in [1.807, 2.05) is 0 Å². The van der Waals surface area contributed by atoms with Crippen molar-refractivity contribution in [3.8, 4) is 0 Å². The molecule has 4 heteroatoms. The lowest BCUT2D eigenvalue weighted by molar-refractivity contribution is 0.485. The third-order valence-electron chi connectivity index (χ3n) is 2.99. The van der Waals surface area contributed by atoms with Gasteiger partial charge in [-0.1, -0.05) is 24.9 Å². The summed E-state index contributed by atoms with van der Waals surface area (Å²) in [4.78, 5) is 8.15. The summed E-state index contributed by atoms with van der Waals surface area (Å²) in [6.07, 6.45) is 8.49. The molecule has 0 saturated heterocycles. The van der Waals surface area contributed by atoms with Gasteiger partial charge in [-0.05, 0) is 24.7 Å². The summed E-state index contributed by atoms with van der Waals surface area (Å²) in [7, 11) is 0. The molecule has 1 aromatic heterocycles. The van der Waals surface area contributed by atoms with Crippen LogP contribution in [0, 0.1) is 5.41 Å².